The number of alkyl halides is 1. The Morgan fingerprint density at radius 1 is 1.26 bits per heavy atom. The van der Waals surface area contributed by atoms with Crippen molar-refractivity contribution in [3.63, 3.8) is 0 Å². The minimum atomic E-state index is -5.86. The average molecular weight is 549 g/mol. The van der Waals surface area contributed by atoms with E-state index in [1.165, 1.54) is 12.1 Å². The van der Waals surface area contributed by atoms with Gasteiger partial charge in [-0.05, 0) is 17.7 Å². The second-order valence-electron chi connectivity index (χ2n) is 6.53. The van der Waals surface area contributed by atoms with Gasteiger partial charge in [-0.25, -0.2) is 27.6 Å². The van der Waals surface area contributed by atoms with Crippen LogP contribution < -0.4 is 5.73 Å². The fraction of sp³-hybridized carbons (Fsp3) is 0.455. The van der Waals surface area contributed by atoms with Crippen molar-refractivity contribution in [1.82, 2.24) is 14.6 Å². The number of nitrogens with two attached hydrogens (primary N) is 1. The number of ether oxygens (including phenoxy) is 1. The number of aromatic nitrogens is 3. The molecule has 188 valence electrons. The number of halogens is 1. The lowest BCUT2D eigenvalue weighted by Crippen LogP contribution is -2.44. The summed E-state index contributed by atoms with van der Waals surface area (Å²) in [5.74, 6) is 0.0178. The van der Waals surface area contributed by atoms with Gasteiger partial charge in [-0.1, -0.05) is 5.11 Å². The third-order valence-corrected chi connectivity index (χ3v) is 8.03. The Balaban J connectivity index is 1.86. The first-order valence-corrected chi connectivity index (χ1v) is 13.0. The number of nitrogens with zero attached hydrogens (tertiary/aromatic N) is 6. The molecule has 34 heavy (non-hydrogen) atoms. The molecule has 1 aliphatic rings. The van der Waals surface area contributed by atoms with E-state index in [0.717, 1.165) is 10.8 Å². The first kappa shape index (κ1) is 26.6. The van der Waals surface area contributed by atoms with Gasteiger partial charge in [-0.2, -0.15) is 13.7 Å². The topological polar surface area (TPSA) is 294 Å². The lowest BCUT2D eigenvalue weighted by molar-refractivity contribution is -0.106. The molecule has 0 aromatic carbocycles. The number of aliphatic hydroxyl groups is 1. The molecule has 19 nitrogen and oxygen atoms in total. The molecule has 1 saturated heterocycles. The minimum Gasteiger partial charge on any atom is -0.387 e. The van der Waals surface area contributed by atoms with Crippen LogP contribution in [0.2, 0.25) is 0 Å². The van der Waals surface area contributed by atoms with Crippen LogP contribution >= 0.6 is 23.5 Å². The molecule has 2 aromatic heterocycles. The zero-order chi connectivity index (χ0) is 25.5. The Hall–Kier alpha value is -2.01. The van der Waals surface area contributed by atoms with E-state index < -0.39 is 54.2 Å². The fourth-order valence-corrected chi connectivity index (χ4v) is 6.01. The molecule has 0 bridgehead atoms. The van der Waals surface area contributed by atoms with E-state index in [0.29, 0.717) is 0 Å². The third-order valence-electron chi connectivity index (χ3n) is 4.25. The molecule has 0 radical (unpaired) electrons. The number of anilines is 1. The monoisotopic (exact) mass is 549 g/mol. The number of azide groups is 1. The quantitative estimate of drug-likeness (QED) is 0.107. The zero-order valence-corrected chi connectivity index (χ0v) is 18.9. The molecule has 3 rings (SSSR count). The summed E-state index contributed by atoms with van der Waals surface area (Å²) in [6.07, 6.45) is -5.29. The summed E-state index contributed by atoms with van der Waals surface area (Å²) in [7, 11) is -17.2. The highest BCUT2D eigenvalue weighted by Gasteiger charge is 2.57. The lowest BCUT2D eigenvalue weighted by Gasteiger charge is -2.27. The Bertz CT molecular complexity index is 1280. The maximum Gasteiger partial charge on any atom is 0.490 e. The molecule has 0 aliphatic carbocycles. The smallest absolute Gasteiger partial charge is 0.387 e. The standard InChI is InChI=1S/C11H15FN7O12P3/c12-7-8(5-1-2-6-10(13)15-4-16-19(5)6)29-11(9(7)20,17-18-14)3-28-33(24,25)31-34(26,27)30-32(21,22)23/h1-2,4,7-9,20H,3H2,(H,24,25)(H,26,27)(H2,13,15,16)(H2,21,22,23)/t7-,8-,9-,11+/m0/s1. The minimum absolute atomic E-state index is 0.0178. The van der Waals surface area contributed by atoms with Gasteiger partial charge in [0.1, 0.15) is 24.1 Å². The van der Waals surface area contributed by atoms with Gasteiger partial charge in [0.05, 0.1) is 12.3 Å². The van der Waals surface area contributed by atoms with Crippen molar-refractivity contribution in [3.05, 3.63) is 34.6 Å². The normalized spacial score (nSPS) is 28.8. The maximum atomic E-state index is 15.0. The number of hydrogen-bond donors (Lipinski definition) is 6. The maximum absolute atomic E-state index is 15.0. The summed E-state index contributed by atoms with van der Waals surface area (Å²) < 4.78 is 67.0. The van der Waals surface area contributed by atoms with Crippen LogP contribution in [0, 0.1) is 0 Å². The first-order valence-electron chi connectivity index (χ1n) is 8.52. The van der Waals surface area contributed by atoms with Gasteiger partial charge in [-0.3, -0.25) is 4.52 Å². The molecule has 23 heteroatoms. The molecule has 0 amide bonds. The number of aliphatic hydroxyl groups excluding tert-OH is 1. The zero-order valence-electron chi connectivity index (χ0n) is 16.2. The summed E-state index contributed by atoms with van der Waals surface area (Å²) in [6, 6.07) is 2.70. The summed E-state index contributed by atoms with van der Waals surface area (Å²) in [5.41, 5.74) is 12.0. The second kappa shape index (κ2) is 9.22. The van der Waals surface area contributed by atoms with Crippen LogP contribution in [-0.2, 0) is 31.6 Å². The highest BCUT2D eigenvalue weighted by Crippen LogP contribution is 2.66. The van der Waals surface area contributed by atoms with Gasteiger partial charge in [0.2, 0.25) is 0 Å². The van der Waals surface area contributed by atoms with Gasteiger partial charge in [0.25, 0.3) is 0 Å². The number of rotatable bonds is 9. The summed E-state index contributed by atoms with van der Waals surface area (Å²) >= 11 is 0. The Morgan fingerprint density at radius 3 is 2.56 bits per heavy atom. The number of nitrogen functional groups attached to an aromatic ring is 1. The molecular weight excluding hydrogens is 534 g/mol. The van der Waals surface area contributed by atoms with E-state index in [1.807, 2.05) is 0 Å². The predicted molar refractivity (Wildman–Crippen MR) is 104 cm³/mol. The van der Waals surface area contributed by atoms with E-state index in [1.54, 1.807) is 0 Å². The van der Waals surface area contributed by atoms with Crippen molar-refractivity contribution in [2.45, 2.75) is 24.1 Å². The van der Waals surface area contributed by atoms with Crippen molar-refractivity contribution in [2.75, 3.05) is 12.3 Å². The number of fused-ring (bicyclic) bond motifs is 1. The van der Waals surface area contributed by atoms with Crippen molar-refractivity contribution in [2.24, 2.45) is 5.11 Å². The average Bonchev–Trinajstić information content (AvgIpc) is 3.20. The van der Waals surface area contributed by atoms with Crippen LogP contribution in [0.5, 0.6) is 0 Å². The first-order chi connectivity index (χ1) is 15.6. The molecule has 2 aromatic rings. The number of phosphoric acid groups is 3. The van der Waals surface area contributed by atoms with Crippen molar-refractivity contribution < 1.29 is 60.6 Å². The molecule has 1 fully saturated rings. The Morgan fingerprint density at radius 2 is 1.94 bits per heavy atom. The Labute approximate surface area is 186 Å². The third kappa shape index (κ3) is 5.62. The molecule has 1 aliphatic heterocycles. The molecule has 2 unspecified atom stereocenters. The predicted octanol–water partition coefficient (Wildman–Crippen LogP) is 0.432. The van der Waals surface area contributed by atoms with Crippen LogP contribution in [0.1, 0.15) is 11.8 Å². The van der Waals surface area contributed by atoms with Gasteiger partial charge in [-0.15, -0.1) is 0 Å². The fourth-order valence-electron chi connectivity index (χ4n) is 2.96. The number of phosphoric ester groups is 1. The summed E-state index contributed by atoms with van der Waals surface area (Å²) in [6.45, 7) is -1.43. The lowest BCUT2D eigenvalue weighted by atomic mass is 10.0. The highest BCUT2D eigenvalue weighted by molar-refractivity contribution is 7.66. The van der Waals surface area contributed by atoms with Crippen LogP contribution in [0.3, 0.4) is 0 Å². The Kier molecular flexibility index (Phi) is 7.21. The van der Waals surface area contributed by atoms with Crippen LogP contribution in [0.15, 0.2) is 23.6 Å². The van der Waals surface area contributed by atoms with E-state index >= 15 is 4.39 Å². The second-order valence-corrected chi connectivity index (χ2v) is 10.9. The molecule has 3 heterocycles. The van der Waals surface area contributed by atoms with Gasteiger partial charge >= 0.3 is 23.5 Å². The molecular formula is C11H15FN7O12P3. The SMILES string of the molecule is [N-]=[N+]=N[C@]1(COP(=O)(O)OP(=O)(O)OP(=O)(O)O)O[C@@H](c2ccc3c(N)ncnn23)[C@H](F)[C@@H]1O. The molecule has 7 N–H and O–H groups in total. The van der Waals surface area contributed by atoms with E-state index in [9.17, 15) is 28.6 Å². The van der Waals surface area contributed by atoms with Crippen LogP contribution in [0.25, 0.3) is 16.0 Å². The van der Waals surface area contributed by atoms with Gasteiger partial charge in [0.15, 0.2) is 17.7 Å². The van der Waals surface area contributed by atoms with Crippen LogP contribution in [0.4, 0.5) is 10.2 Å². The van der Waals surface area contributed by atoms with E-state index in [4.69, 9.17) is 25.8 Å². The van der Waals surface area contributed by atoms with Crippen molar-refractivity contribution >= 4 is 34.8 Å². The molecule has 0 spiro atoms. The molecule has 0 saturated carbocycles. The number of hydrogen-bond acceptors (Lipinski definition) is 12. The largest absolute Gasteiger partial charge is 0.490 e. The van der Waals surface area contributed by atoms with Crippen molar-refractivity contribution in [3.8, 4) is 0 Å². The highest BCUT2D eigenvalue weighted by atomic mass is 31.3. The van der Waals surface area contributed by atoms with E-state index in [-0.39, 0.29) is 17.0 Å². The van der Waals surface area contributed by atoms with E-state index in [2.05, 4.69) is 33.3 Å². The molecule has 6 atom stereocenters. The summed E-state index contributed by atoms with van der Waals surface area (Å²) in [5, 5.41) is 17.3. The van der Waals surface area contributed by atoms with Gasteiger partial charge < -0.3 is 35.2 Å². The summed E-state index contributed by atoms with van der Waals surface area (Å²) in [4.78, 5) is 42.0. The van der Waals surface area contributed by atoms with Crippen LogP contribution in [-0.4, -0.2) is 63.9 Å². The van der Waals surface area contributed by atoms with Gasteiger partial charge in [0, 0.05) is 4.91 Å². The van der Waals surface area contributed by atoms with Crippen molar-refractivity contribution in [1.29, 1.82) is 0 Å².